The van der Waals surface area contributed by atoms with Crippen LogP contribution in [0.1, 0.15) is 6.42 Å². The van der Waals surface area contributed by atoms with Crippen LogP contribution in [0.2, 0.25) is 0 Å². The minimum Gasteiger partial charge on any atom is -0.326 e. The highest BCUT2D eigenvalue weighted by molar-refractivity contribution is 9.10. The van der Waals surface area contributed by atoms with Crippen molar-refractivity contribution in [3.8, 4) is 0 Å². The van der Waals surface area contributed by atoms with Gasteiger partial charge in [0.15, 0.2) is 9.84 Å². The maximum Gasteiger partial charge on any atom is 0.244 e. The summed E-state index contributed by atoms with van der Waals surface area (Å²) in [6.45, 7) is 0.659. The predicted molar refractivity (Wildman–Crippen MR) is 85.9 cm³/mol. The molecule has 2 rings (SSSR count). The van der Waals surface area contributed by atoms with Gasteiger partial charge in [0.1, 0.15) is 0 Å². The van der Waals surface area contributed by atoms with Gasteiger partial charge in [-0.25, -0.2) is 16.8 Å². The summed E-state index contributed by atoms with van der Waals surface area (Å²) in [7, 11) is -7.03. The van der Waals surface area contributed by atoms with Crippen molar-refractivity contribution in [3.05, 3.63) is 22.7 Å². The van der Waals surface area contributed by atoms with Gasteiger partial charge in [-0.2, -0.15) is 4.31 Å². The Morgan fingerprint density at radius 3 is 2.33 bits per heavy atom. The van der Waals surface area contributed by atoms with E-state index in [1.807, 2.05) is 0 Å². The summed E-state index contributed by atoms with van der Waals surface area (Å²) < 4.78 is 49.4. The molecule has 1 atom stereocenters. The van der Waals surface area contributed by atoms with Crippen LogP contribution in [-0.4, -0.2) is 46.5 Å². The number of hydrogen-bond acceptors (Lipinski definition) is 5. The van der Waals surface area contributed by atoms with E-state index in [0.717, 1.165) is 6.26 Å². The number of benzene rings is 1. The van der Waals surface area contributed by atoms with E-state index >= 15 is 0 Å². The van der Waals surface area contributed by atoms with Crippen LogP contribution in [0.3, 0.4) is 0 Å². The van der Waals surface area contributed by atoms with Gasteiger partial charge in [-0.3, -0.25) is 0 Å². The molecule has 1 aliphatic heterocycles. The van der Waals surface area contributed by atoms with E-state index in [4.69, 9.17) is 5.73 Å². The van der Waals surface area contributed by atoms with Crippen LogP contribution in [-0.2, 0) is 19.9 Å². The number of nitrogens with zero attached hydrogens (tertiary/aromatic N) is 1. The minimum atomic E-state index is -3.65. The Hall–Kier alpha value is -0.190. The summed E-state index contributed by atoms with van der Waals surface area (Å²) in [5.74, 6) is 0. The fourth-order valence-corrected chi connectivity index (χ4v) is 5.38. The molecule has 2 N–H and O–H groups in total. The summed E-state index contributed by atoms with van der Waals surface area (Å²) in [5, 5.41) is 0. The number of halogens is 2. The van der Waals surface area contributed by atoms with Gasteiger partial charge >= 0.3 is 0 Å². The number of sulfone groups is 1. The van der Waals surface area contributed by atoms with Gasteiger partial charge in [0.05, 0.1) is 9.79 Å². The van der Waals surface area contributed by atoms with Crippen LogP contribution >= 0.6 is 28.3 Å². The Labute approximate surface area is 139 Å². The first-order chi connectivity index (χ1) is 9.12. The van der Waals surface area contributed by atoms with Crippen LogP contribution < -0.4 is 5.73 Å². The lowest BCUT2D eigenvalue weighted by molar-refractivity contribution is 0.472. The van der Waals surface area contributed by atoms with Crippen molar-refractivity contribution in [3.63, 3.8) is 0 Å². The molecular formula is C11H16BrClN2O4S2. The van der Waals surface area contributed by atoms with Crippen molar-refractivity contribution < 1.29 is 16.8 Å². The molecule has 10 heteroatoms. The molecule has 0 spiro atoms. The molecule has 0 saturated carbocycles. The Bertz CT molecular complexity index is 737. The first kappa shape index (κ1) is 18.9. The van der Waals surface area contributed by atoms with Crippen LogP contribution in [0, 0.1) is 0 Å². The van der Waals surface area contributed by atoms with Crippen molar-refractivity contribution in [2.24, 2.45) is 5.73 Å². The van der Waals surface area contributed by atoms with Crippen LogP contribution in [0.25, 0.3) is 0 Å². The van der Waals surface area contributed by atoms with E-state index in [-0.39, 0.29) is 39.3 Å². The zero-order chi connectivity index (χ0) is 15.1. The third-order valence-electron chi connectivity index (χ3n) is 3.14. The lowest BCUT2D eigenvalue weighted by Gasteiger charge is -2.17. The fraction of sp³-hybridized carbons (Fsp3) is 0.455. The lowest BCUT2D eigenvalue weighted by atomic mass is 10.3. The maximum atomic E-state index is 12.5. The van der Waals surface area contributed by atoms with Gasteiger partial charge in [0.2, 0.25) is 10.0 Å². The summed E-state index contributed by atoms with van der Waals surface area (Å²) in [5.41, 5.74) is 5.72. The molecule has 1 fully saturated rings. The van der Waals surface area contributed by atoms with Crippen LogP contribution in [0.5, 0.6) is 0 Å². The van der Waals surface area contributed by atoms with Gasteiger partial charge in [0, 0.05) is 29.9 Å². The standard InChI is InChI=1S/C11H15BrN2O4S2.ClH/c1-19(15,16)9-2-3-11(10(12)6-9)20(17,18)14-5-4-8(13)7-14;/h2-3,6,8H,4-5,7,13H2,1H3;1H/t8-;/m0./s1. The number of nitrogens with two attached hydrogens (primary N) is 1. The molecule has 1 aromatic carbocycles. The second kappa shape index (κ2) is 6.51. The third-order valence-corrected chi connectivity index (χ3v) is 7.09. The van der Waals surface area contributed by atoms with Crippen LogP contribution in [0.4, 0.5) is 0 Å². The van der Waals surface area contributed by atoms with E-state index in [0.29, 0.717) is 13.0 Å². The summed E-state index contributed by atoms with van der Waals surface area (Å²) in [4.78, 5) is 0.125. The minimum absolute atomic E-state index is 0. The Kier molecular flexibility index (Phi) is 5.85. The third kappa shape index (κ3) is 3.96. The second-order valence-electron chi connectivity index (χ2n) is 4.78. The smallest absolute Gasteiger partial charge is 0.244 e. The van der Waals surface area contributed by atoms with Gasteiger partial charge < -0.3 is 5.73 Å². The highest BCUT2D eigenvalue weighted by Crippen LogP contribution is 2.29. The molecule has 0 bridgehead atoms. The normalized spacial score (nSPS) is 20.2. The first-order valence-corrected chi connectivity index (χ1v) is 10.00. The Morgan fingerprint density at radius 1 is 1.29 bits per heavy atom. The largest absolute Gasteiger partial charge is 0.326 e. The maximum absolute atomic E-state index is 12.5. The molecule has 120 valence electrons. The number of hydrogen-bond donors (Lipinski definition) is 1. The molecule has 6 nitrogen and oxygen atoms in total. The highest BCUT2D eigenvalue weighted by atomic mass is 79.9. The number of rotatable bonds is 3. The highest BCUT2D eigenvalue weighted by Gasteiger charge is 2.32. The monoisotopic (exact) mass is 418 g/mol. The zero-order valence-corrected chi connectivity index (χ0v) is 15.2. The average molecular weight is 420 g/mol. The molecule has 1 heterocycles. The van der Waals surface area contributed by atoms with E-state index in [2.05, 4.69) is 15.9 Å². The zero-order valence-electron chi connectivity index (χ0n) is 11.2. The molecule has 1 aliphatic rings. The first-order valence-electron chi connectivity index (χ1n) is 5.88. The summed E-state index contributed by atoms with van der Waals surface area (Å²) >= 11 is 3.14. The van der Waals surface area contributed by atoms with Gasteiger partial charge in [-0.05, 0) is 40.5 Å². The van der Waals surface area contributed by atoms with E-state index in [9.17, 15) is 16.8 Å². The Balaban J connectivity index is 0.00000220. The summed E-state index contributed by atoms with van der Waals surface area (Å²) in [6.07, 6.45) is 1.70. The van der Waals surface area contributed by atoms with Crippen molar-refractivity contribution >= 4 is 48.2 Å². The fourth-order valence-electron chi connectivity index (χ4n) is 2.03. The van der Waals surface area contributed by atoms with Gasteiger partial charge in [-0.1, -0.05) is 0 Å². The quantitative estimate of drug-likeness (QED) is 0.788. The molecular weight excluding hydrogens is 404 g/mol. The molecule has 1 saturated heterocycles. The Morgan fingerprint density at radius 2 is 1.90 bits per heavy atom. The van der Waals surface area contributed by atoms with Crippen molar-refractivity contribution in [2.45, 2.75) is 22.3 Å². The lowest BCUT2D eigenvalue weighted by Crippen LogP contribution is -2.32. The molecule has 21 heavy (non-hydrogen) atoms. The molecule has 1 aromatic rings. The van der Waals surface area contributed by atoms with E-state index in [1.54, 1.807) is 0 Å². The van der Waals surface area contributed by atoms with Crippen LogP contribution in [0.15, 0.2) is 32.5 Å². The molecule has 0 aromatic heterocycles. The van der Waals surface area contributed by atoms with E-state index in [1.165, 1.54) is 22.5 Å². The van der Waals surface area contributed by atoms with Crippen molar-refractivity contribution in [1.82, 2.24) is 4.31 Å². The average Bonchev–Trinajstić information content (AvgIpc) is 2.75. The second-order valence-corrected chi connectivity index (χ2v) is 9.55. The van der Waals surface area contributed by atoms with Crippen molar-refractivity contribution in [1.29, 1.82) is 0 Å². The van der Waals surface area contributed by atoms with Gasteiger partial charge in [-0.15, -0.1) is 12.4 Å². The van der Waals surface area contributed by atoms with Crippen molar-refractivity contribution in [2.75, 3.05) is 19.3 Å². The van der Waals surface area contributed by atoms with E-state index < -0.39 is 19.9 Å². The molecule has 0 unspecified atom stereocenters. The van der Waals surface area contributed by atoms with Gasteiger partial charge in [0.25, 0.3) is 0 Å². The predicted octanol–water partition coefficient (Wildman–Crippen LogP) is 0.996. The SMILES string of the molecule is CS(=O)(=O)c1ccc(S(=O)(=O)N2CC[C@H](N)C2)c(Br)c1.Cl. The topological polar surface area (TPSA) is 97.5 Å². The molecule has 0 radical (unpaired) electrons. The molecule has 0 amide bonds. The number of sulfonamides is 1. The molecule has 0 aliphatic carbocycles. The summed E-state index contributed by atoms with van der Waals surface area (Å²) in [6, 6.07) is 3.75.